The lowest BCUT2D eigenvalue weighted by molar-refractivity contribution is -0.385. The van der Waals surface area contributed by atoms with Gasteiger partial charge in [0.2, 0.25) is 0 Å². The Hall–Kier alpha value is -1.95. The number of hydrogen-bond donors (Lipinski definition) is 1. The summed E-state index contributed by atoms with van der Waals surface area (Å²) in [6, 6.07) is 3.65. The van der Waals surface area contributed by atoms with Crippen LogP contribution >= 0.6 is 0 Å². The molecule has 0 bridgehead atoms. The molecule has 1 aromatic carbocycles. The van der Waals surface area contributed by atoms with Crippen molar-refractivity contribution < 1.29 is 19.6 Å². The maximum absolute atomic E-state index is 10.5. The molecule has 1 N–H and O–H groups in total. The number of rotatable bonds is 4. The van der Waals surface area contributed by atoms with E-state index in [1.807, 2.05) is 0 Å². The third-order valence-electron chi connectivity index (χ3n) is 1.55. The van der Waals surface area contributed by atoms with Crippen molar-refractivity contribution in [3.05, 3.63) is 33.9 Å². The summed E-state index contributed by atoms with van der Waals surface area (Å²) >= 11 is 0. The van der Waals surface area contributed by atoms with Gasteiger partial charge in [-0.15, -0.1) is 0 Å². The highest BCUT2D eigenvalue weighted by atomic mass is 16.6. The SMILES string of the molecule is O=Cc1cc(OCO)ccc1[N+](=O)[O-]. The molecule has 0 radical (unpaired) electrons. The summed E-state index contributed by atoms with van der Waals surface area (Å²) in [7, 11) is 0. The molecule has 0 aliphatic heterocycles. The molecule has 0 amide bonds. The van der Waals surface area contributed by atoms with Crippen LogP contribution in [0.25, 0.3) is 0 Å². The quantitative estimate of drug-likeness (QED) is 0.332. The highest BCUT2D eigenvalue weighted by molar-refractivity contribution is 5.82. The van der Waals surface area contributed by atoms with Crippen LogP contribution in [0.3, 0.4) is 0 Å². The summed E-state index contributed by atoms with van der Waals surface area (Å²) in [5, 5.41) is 18.8. The van der Waals surface area contributed by atoms with Crippen molar-refractivity contribution >= 4 is 12.0 Å². The van der Waals surface area contributed by atoms with Crippen LogP contribution in [-0.2, 0) is 0 Å². The van der Waals surface area contributed by atoms with Crippen LogP contribution in [0, 0.1) is 10.1 Å². The van der Waals surface area contributed by atoms with E-state index in [0.717, 1.165) is 6.07 Å². The Morgan fingerprint density at radius 1 is 1.57 bits per heavy atom. The van der Waals surface area contributed by atoms with Crippen LogP contribution in [0.4, 0.5) is 5.69 Å². The van der Waals surface area contributed by atoms with Crippen LogP contribution in [0.1, 0.15) is 10.4 Å². The van der Waals surface area contributed by atoms with Gasteiger partial charge in [-0.25, -0.2) is 0 Å². The molecule has 0 fully saturated rings. The Kier molecular flexibility index (Phi) is 3.14. The van der Waals surface area contributed by atoms with Gasteiger partial charge in [0.1, 0.15) is 5.75 Å². The van der Waals surface area contributed by atoms with E-state index in [4.69, 9.17) is 5.11 Å². The lowest BCUT2D eigenvalue weighted by atomic mass is 10.2. The molecule has 14 heavy (non-hydrogen) atoms. The number of carbonyl (C=O) groups excluding carboxylic acids is 1. The van der Waals surface area contributed by atoms with Crippen LogP contribution < -0.4 is 4.74 Å². The molecule has 0 aliphatic carbocycles. The molecule has 6 heteroatoms. The average molecular weight is 197 g/mol. The van der Waals surface area contributed by atoms with Crippen LogP contribution in [0.5, 0.6) is 5.75 Å². The van der Waals surface area contributed by atoms with Crippen LogP contribution in [-0.4, -0.2) is 23.1 Å². The number of nitrogens with zero attached hydrogens (tertiary/aromatic N) is 1. The van der Waals surface area contributed by atoms with Gasteiger partial charge < -0.3 is 9.84 Å². The normalized spacial score (nSPS) is 9.50. The molecule has 0 aromatic heterocycles. The average Bonchev–Trinajstić information content (AvgIpc) is 2.17. The second kappa shape index (κ2) is 4.33. The molecule has 0 unspecified atom stereocenters. The van der Waals surface area contributed by atoms with E-state index >= 15 is 0 Å². The molecule has 74 valence electrons. The largest absolute Gasteiger partial charge is 0.468 e. The van der Waals surface area contributed by atoms with Crippen molar-refractivity contribution in [3.63, 3.8) is 0 Å². The van der Waals surface area contributed by atoms with E-state index in [2.05, 4.69) is 4.74 Å². The fourth-order valence-electron chi connectivity index (χ4n) is 0.958. The van der Waals surface area contributed by atoms with E-state index in [1.54, 1.807) is 0 Å². The van der Waals surface area contributed by atoms with E-state index in [9.17, 15) is 14.9 Å². The molecular formula is C8H7NO5. The molecule has 1 aromatic rings. The van der Waals surface area contributed by atoms with Gasteiger partial charge in [0.05, 0.1) is 10.5 Å². The number of nitro benzene ring substituents is 1. The molecule has 0 heterocycles. The maximum Gasteiger partial charge on any atom is 0.280 e. The van der Waals surface area contributed by atoms with Gasteiger partial charge in [-0.2, -0.15) is 0 Å². The topological polar surface area (TPSA) is 89.7 Å². The standard InChI is InChI=1S/C8H7NO5/c10-4-6-3-7(14-5-11)1-2-8(6)9(12)13/h1-4,11H,5H2. The Morgan fingerprint density at radius 2 is 2.29 bits per heavy atom. The van der Waals surface area contributed by atoms with E-state index < -0.39 is 11.7 Å². The predicted molar refractivity (Wildman–Crippen MR) is 46.2 cm³/mol. The first-order chi connectivity index (χ1) is 6.69. The lowest BCUT2D eigenvalue weighted by Crippen LogP contribution is -1.98. The summed E-state index contributed by atoms with van der Waals surface area (Å²) in [6.07, 6.45) is 0.363. The minimum Gasteiger partial charge on any atom is -0.468 e. The van der Waals surface area contributed by atoms with Crippen molar-refractivity contribution in [3.8, 4) is 5.75 Å². The molecule has 0 aliphatic rings. The molecule has 0 saturated heterocycles. The fourth-order valence-corrected chi connectivity index (χ4v) is 0.958. The number of carbonyl (C=O) groups is 1. The van der Waals surface area contributed by atoms with Gasteiger partial charge in [-0.1, -0.05) is 0 Å². The van der Waals surface area contributed by atoms with Crippen LogP contribution in [0.2, 0.25) is 0 Å². The second-order valence-corrected chi connectivity index (χ2v) is 2.37. The molecule has 1 rings (SSSR count). The second-order valence-electron chi connectivity index (χ2n) is 2.37. The third-order valence-corrected chi connectivity index (χ3v) is 1.55. The molecule has 0 saturated carbocycles. The van der Waals surface area contributed by atoms with Crippen molar-refractivity contribution in [2.45, 2.75) is 0 Å². The first kappa shape index (κ1) is 10.1. The summed E-state index contributed by atoms with van der Waals surface area (Å²) in [5.74, 6) is 0.209. The number of aliphatic hydroxyl groups is 1. The van der Waals surface area contributed by atoms with Crippen molar-refractivity contribution in [2.24, 2.45) is 0 Å². The molecule has 6 nitrogen and oxygen atoms in total. The number of benzene rings is 1. The molecule has 0 spiro atoms. The van der Waals surface area contributed by atoms with Crippen molar-refractivity contribution in [1.29, 1.82) is 0 Å². The Balaban J connectivity index is 3.11. The zero-order valence-electron chi connectivity index (χ0n) is 7.04. The first-order valence-corrected chi connectivity index (χ1v) is 3.66. The Morgan fingerprint density at radius 3 is 2.79 bits per heavy atom. The zero-order chi connectivity index (χ0) is 10.6. The monoisotopic (exact) mass is 197 g/mol. The van der Waals surface area contributed by atoms with Crippen LogP contribution in [0.15, 0.2) is 18.2 Å². The molecular weight excluding hydrogens is 190 g/mol. The number of nitro groups is 1. The summed E-state index contributed by atoms with van der Waals surface area (Å²) in [4.78, 5) is 20.2. The Bertz CT molecular complexity index is 363. The van der Waals surface area contributed by atoms with Gasteiger partial charge >= 0.3 is 0 Å². The Labute approximate surface area is 78.9 Å². The lowest BCUT2D eigenvalue weighted by Gasteiger charge is -2.02. The van der Waals surface area contributed by atoms with E-state index in [1.165, 1.54) is 12.1 Å². The van der Waals surface area contributed by atoms with Gasteiger partial charge in [-0.3, -0.25) is 14.9 Å². The zero-order valence-corrected chi connectivity index (χ0v) is 7.04. The predicted octanol–water partition coefficient (Wildman–Crippen LogP) is 0.736. The minimum absolute atomic E-state index is 0.0825. The maximum atomic E-state index is 10.5. The van der Waals surface area contributed by atoms with E-state index in [0.29, 0.717) is 6.29 Å². The van der Waals surface area contributed by atoms with Gasteiger partial charge in [0.15, 0.2) is 13.1 Å². The summed E-state index contributed by atoms with van der Waals surface area (Å²) < 4.78 is 4.66. The highest BCUT2D eigenvalue weighted by Gasteiger charge is 2.13. The van der Waals surface area contributed by atoms with Gasteiger partial charge in [0.25, 0.3) is 5.69 Å². The number of hydrogen-bond acceptors (Lipinski definition) is 5. The highest BCUT2D eigenvalue weighted by Crippen LogP contribution is 2.22. The summed E-state index contributed by atoms with van der Waals surface area (Å²) in [6.45, 7) is -0.546. The third kappa shape index (κ3) is 2.05. The number of ether oxygens (including phenoxy) is 1. The smallest absolute Gasteiger partial charge is 0.280 e. The van der Waals surface area contributed by atoms with Crippen molar-refractivity contribution in [2.75, 3.05) is 6.79 Å². The first-order valence-electron chi connectivity index (χ1n) is 3.66. The minimum atomic E-state index is -0.660. The van der Waals surface area contributed by atoms with E-state index in [-0.39, 0.29) is 17.0 Å². The van der Waals surface area contributed by atoms with Gasteiger partial charge in [0, 0.05) is 6.07 Å². The summed E-state index contributed by atoms with van der Waals surface area (Å²) in [5.41, 5.74) is -0.369. The van der Waals surface area contributed by atoms with Crippen molar-refractivity contribution in [1.82, 2.24) is 0 Å². The van der Waals surface area contributed by atoms with Gasteiger partial charge in [-0.05, 0) is 12.1 Å². The fraction of sp³-hybridized carbons (Fsp3) is 0.125. The number of aliphatic hydroxyl groups excluding tert-OH is 1. The molecule has 0 atom stereocenters. The number of aldehydes is 1.